The van der Waals surface area contributed by atoms with Crippen molar-refractivity contribution in [1.82, 2.24) is 0 Å². The number of aryl methyl sites for hydroxylation is 1. The van der Waals surface area contributed by atoms with Gasteiger partial charge in [-0.15, -0.1) is 0 Å². The summed E-state index contributed by atoms with van der Waals surface area (Å²) < 4.78 is 27.6. The maximum Gasteiger partial charge on any atom is 0.236 e. The van der Waals surface area contributed by atoms with Crippen LogP contribution in [0.3, 0.4) is 0 Å². The Morgan fingerprint density at radius 3 is 2.73 bits per heavy atom. The molecular weight excluding hydrogens is 348 g/mol. The summed E-state index contributed by atoms with van der Waals surface area (Å²) in [7, 11) is -3.49. The van der Waals surface area contributed by atoms with E-state index in [1.807, 2.05) is 48.2 Å². The number of nitrogens with one attached hydrogen (secondary N) is 1. The standard InChI is InChI=1S/C20H22N2O3S/c1-14-3-2-4-15(11-14)13-26(24,25)21-18-7-8-19-17(12-18)9-10-22(19)20(23)16-5-6-16/h2-4,7-8,11-12,16,21H,5-6,9-10,13H2,1H3. The molecule has 4 rings (SSSR count). The molecule has 2 aliphatic rings. The first-order valence-corrected chi connectivity index (χ1v) is 10.6. The number of rotatable bonds is 5. The molecule has 0 bridgehead atoms. The molecule has 2 aromatic carbocycles. The summed E-state index contributed by atoms with van der Waals surface area (Å²) in [5, 5.41) is 0. The van der Waals surface area contributed by atoms with E-state index in [1.165, 1.54) is 0 Å². The average Bonchev–Trinajstić information content (AvgIpc) is 3.33. The first-order valence-electron chi connectivity index (χ1n) is 8.92. The van der Waals surface area contributed by atoms with Gasteiger partial charge in [-0.3, -0.25) is 9.52 Å². The van der Waals surface area contributed by atoms with Crippen LogP contribution >= 0.6 is 0 Å². The van der Waals surface area contributed by atoms with Gasteiger partial charge in [-0.25, -0.2) is 8.42 Å². The number of hydrogen-bond donors (Lipinski definition) is 1. The molecule has 1 N–H and O–H groups in total. The Balaban J connectivity index is 1.49. The largest absolute Gasteiger partial charge is 0.312 e. The summed E-state index contributed by atoms with van der Waals surface area (Å²) in [6, 6.07) is 12.9. The van der Waals surface area contributed by atoms with Crippen LogP contribution < -0.4 is 9.62 Å². The number of anilines is 2. The summed E-state index contributed by atoms with van der Waals surface area (Å²) in [4.78, 5) is 14.2. The molecule has 6 heteroatoms. The van der Waals surface area contributed by atoms with E-state index in [4.69, 9.17) is 0 Å². The summed E-state index contributed by atoms with van der Waals surface area (Å²) in [6.45, 7) is 2.63. The molecule has 0 aromatic heterocycles. The molecule has 5 nitrogen and oxygen atoms in total. The number of nitrogens with zero attached hydrogens (tertiary/aromatic N) is 1. The van der Waals surface area contributed by atoms with Crippen LogP contribution in [0.1, 0.15) is 29.5 Å². The Hall–Kier alpha value is -2.34. The van der Waals surface area contributed by atoms with E-state index >= 15 is 0 Å². The Bertz CT molecular complexity index is 965. The van der Waals surface area contributed by atoms with Gasteiger partial charge in [-0.05, 0) is 55.5 Å². The Morgan fingerprint density at radius 1 is 1.19 bits per heavy atom. The topological polar surface area (TPSA) is 66.5 Å². The van der Waals surface area contributed by atoms with Crippen molar-refractivity contribution < 1.29 is 13.2 Å². The third-order valence-corrected chi connectivity index (χ3v) is 6.14. The molecule has 1 aliphatic carbocycles. The number of fused-ring (bicyclic) bond motifs is 1. The predicted molar refractivity (Wildman–Crippen MR) is 103 cm³/mol. The molecular formula is C20H22N2O3S. The number of sulfonamides is 1. The van der Waals surface area contributed by atoms with Crippen molar-refractivity contribution >= 4 is 27.3 Å². The third-order valence-electron chi connectivity index (χ3n) is 4.88. The lowest BCUT2D eigenvalue weighted by atomic mass is 10.1. The van der Waals surface area contributed by atoms with E-state index in [-0.39, 0.29) is 17.6 Å². The van der Waals surface area contributed by atoms with Crippen LogP contribution in [-0.2, 0) is 27.0 Å². The van der Waals surface area contributed by atoms with E-state index in [2.05, 4.69) is 4.72 Å². The smallest absolute Gasteiger partial charge is 0.236 e. The van der Waals surface area contributed by atoms with E-state index in [0.717, 1.165) is 41.6 Å². The highest BCUT2D eigenvalue weighted by atomic mass is 32.2. The number of benzene rings is 2. The van der Waals surface area contributed by atoms with Crippen LogP contribution in [0.5, 0.6) is 0 Å². The molecule has 136 valence electrons. The summed E-state index contributed by atoms with van der Waals surface area (Å²) in [5.74, 6) is 0.336. The lowest BCUT2D eigenvalue weighted by Crippen LogP contribution is -2.30. The number of carbonyl (C=O) groups excluding carboxylic acids is 1. The Labute approximate surface area is 154 Å². The quantitative estimate of drug-likeness (QED) is 0.879. The fourth-order valence-electron chi connectivity index (χ4n) is 3.48. The van der Waals surface area contributed by atoms with Crippen LogP contribution in [0.25, 0.3) is 0 Å². The first kappa shape index (κ1) is 17.1. The lowest BCUT2D eigenvalue weighted by molar-refractivity contribution is -0.119. The molecule has 1 fully saturated rings. The second-order valence-electron chi connectivity index (χ2n) is 7.21. The first-order chi connectivity index (χ1) is 12.4. The number of hydrogen-bond acceptors (Lipinski definition) is 3. The van der Waals surface area contributed by atoms with Gasteiger partial charge in [0, 0.05) is 23.8 Å². The molecule has 26 heavy (non-hydrogen) atoms. The molecule has 1 heterocycles. The average molecular weight is 370 g/mol. The summed E-state index contributed by atoms with van der Waals surface area (Å²) in [5.41, 5.74) is 4.30. The van der Waals surface area contributed by atoms with Gasteiger partial charge in [-0.2, -0.15) is 0 Å². The van der Waals surface area contributed by atoms with Crippen molar-refractivity contribution in [3.63, 3.8) is 0 Å². The van der Waals surface area contributed by atoms with Crippen LogP contribution in [0.2, 0.25) is 0 Å². The van der Waals surface area contributed by atoms with Crippen molar-refractivity contribution in [2.24, 2.45) is 5.92 Å². The van der Waals surface area contributed by atoms with E-state index in [9.17, 15) is 13.2 Å². The molecule has 0 unspecified atom stereocenters. The Morgan fingerprint density at radius 2 is 2.00 bits per heavy atom. The molecule has 1 aliphatic heterocycles. The minimum absolute atomic E-state index is 0.0575. The van der Waals surface area contributed by atoms with Gasteiger partial charge >= 0.3 is 0 Å². The van der Waals surface area contributed by atoms with Crippen molar-refractivity contribution in [3.05, 3.63) is 59.2 Å². The van der Waals surface area contributed by atoms with E-state index in [0.29, 0.717) is 12.2 Å². The van der Waals surface area contributed by atoms with E-state index in [1.54, 1.807) is 6.07 Å². The molecule has 2 aromatic rings. The molecule has 0 spiro atoms. The van der Waals surface area contributed by atoms with Crippen molar-refractivity contribution in [2.75, 3.05) is 16.2 Å². The van der Waals surface area contributed by atoms with Gasteiger partial charge in [0.15, 0.2) is 0 Å². The minimum Gasteiger partial charge on any atom is -0.312 e. The maximum absolute atomic E-state index is 12.5. The lowest BCUT2D eigenvalue weighted by Gasteiger charge is -2.17. The fraction of sp³-hybridized carbons (Fsp3) is 0.350. The second-order valence-corrected chi connectivity index (χ2v) is 8.93. The highest BCUT2D eigenvalue weighted by molar-refractivity contribution is 7.91. The molecule has 0 radical (unpaired) electrons. The zero-order chi connectivity index (χ0) is 18.3. The van der Waals surface area contributed by atoms with Gasteiger partial charge in [0.25, 0.3) is 0 Å². The minimum atomic E-state index is -3.49. The van der Waals surface area contributed by atoms with Crippen LogP contribution in [0.15, 0.2) is 42.5 Å². The fourth-order valence-corrected chi connectivity index (χ4v) is 4.66. The predicted octanol–water partition coefficient (Wildman–Crippen LogP) is 3.24. The van der Waals surface area contributed by atoms with Crippen LogP contribution in [-0.4, -0.2) is 20.9 Å². The normalized spacial score (nSPS) is 16.4. The third kappa shape index (κ3) is 3.60. The summed E-state index contributed by atoms with van der Waals surface area (Å²) in [6.07, 6.45) is 2.74. The van der Waals surface area contributed by atoms with Crippen molar-refractivity contribution in [1.29, 1.82) is 0 Å². The van der Waals surface area contributed by atoms with Crippen LogP contribution in [0, 0.1) is 12.8 Å². The highest BCUT2D eigenvalue weighted by Crippen LogP contribution is 2.37. The molecule has 1 saturated carbocycles. The van der Waals surface area contributed by atoms with Gasteiger partial charge in [0.05, 0.1) is 5.75 Å². The van der Waals surface area contributed by atoms with Gasteiger partial charge in [0.1, 0.15) is 0 Å². The maximum atomic E-state index is 12.5. The van der Waals surface area contributed by atoms with E-state index < -0.39 is 10.0 Å². The molecule has 1 amide bonds. The zero-order valence-corrected chi connectivity index (χ0v) is 15.6. The zero-order valence-electron chi connectivity index (χ0n) is 14.7. The Kier molecular flexibility index (Phi) is 4.23. The van der Waals surface area contributed by atoms with Gasteiger partial charge < -0.3 is 4.90 Å². The van der Waals surface area contributed by atoms with Gasteiger partial charge in [0.2, 0.25) is 15.9 Å². The van der Waals surface area contributed by atoms with Crippen LogP contribution in [0.4, 0.5) is 11.4 Å². The number of amides is 1. The van der Waals surface area contributed by atoms with Crippen molar-refractivity contribution in [2.45, 2.75) is 31.9 Å². The van der Waals surface area contributed by atoms with Crippen molar-refractivity contribution in [3.8, 4) is 0 Å². The molecule has 0 atom stereocenters. The summed E-state index contributed by atoms with van der Waals surface area (Å²) >= 11 is 0. The molecule has 0 saturated heterocycles. The monoisotopic (exact) mass is 370 g/mol. The SMILES string of the molecule is Cc1cccc(CS(=O)(=O)Nc2ccc3c(c2)CCN3C(=O)C2CC2)c1. The number of carbonyl (C=O) groups is 1. The second kappa shape index (κ2) is 6.43. The van der Waals surface area contributed by atoms with Gasteiger partial charge in [-0.1, -0.05) is 29.8 Å². The highest BCUT2D eigenvalue weighted by Gasteiger charge is 2.36.